The van der Waals surface area contributed by atoms with Gasteiger partial charge in [-0.3, -0.25) is 9.59 Å². The summed E-state index contributed by atoms with van der Waals surface area (Å²) in [6.07, 6.45) is 32.8. The number of aliphatic carboxylic acids is 1. The number of unbranched alkanes of at least 4 members (excludes halogenated alkanes) is 6. The number of carbonyl (C=O) groups excluding carboxylic acids is 2. The largest absolute Gasteiger partial charge is 0.477 e. The summed E-state index contributed by atoms with van der Waals surface area (Å²) in [5.41, 5.74) is 0. The van der Waals surface area contributed by atoms with Gasteiger partial charge in [-0.2, -0.15) is 0 Å². The smallest absolute Gasteiger partial charge is 0.362 e. The Morgan fingerprint density at radius 3 is 1.93 bits per heavy atom. The molecular formula is C38H64NO7+. The lowest BCUT2D eigenvalue weighted by molar-refractivity contribution is -0.887. The standard InChI is InChI=1S/C38H63NO7/c1-6-8-10-12-14-16-18-20-22-24-26-28-36(40)45-33-34(32-44-31-30-35(38(42)43)39(3,4)5)46-37(41)29-27-25-23-21-19-17-15-13-11-9-7-2/h8,10,13-17,19-20,22,34-35H,6-7,9,11-12,18,21,23-33H2,1-5H3/p+1/b10-8+,15-13+,16-14+,19-17+,22-20+. The maximum atomic E-state index is 12.6. The fourth-order valence-electron chi connectivity index (χ4n) is 4.44. The Labute approximate surface area is 279 Å². The van der Waals surface area contributed by atoms with Crippen LogP contribution in [-0.4, -0.2) is 80.6 Å². The molecule has 0 heterocycles. The van der Waals surface area contributed by atoms with Crippen molar-refractivity contribution in [1.29, 1.82) is 0 Å². The zero-order valence-corrected chi connectivity index (χ0v) is 29.5. The molecule has 262 valence electrons. The van der Waals surface area contributed by atoms with E-state index in [0.29, 0.717) is 12.8 Å². The van der Waals surface area contributed by atoms with Crippen LogP contribution < -0.4 is 0 Å². The third-order valence-corrected chi connectivity index (χ3v) is 7.18. The predicted molar refractivity (Wildman–Crippen MR) is 187 cm³/mol. The second kappa shape index (κ2) is 29.4. The number of hydrogen-bond acceptors (Lipinski definition) is 6. The van der Waals surface area contributed by atoms with E-state index in [1.54, 1.807) is 0 Å². The number of carboxylic acids is 1. The van der Waals surface area contributed by atoms with E-state index in [9.17, 15) is 19.5 Å². The lowest BCUT2D eigenvalue weighted by Crippen LogP contribution is -2.50. The Balaban J connectivity index is 4.62. The number of rotatable bonds is 29. The molecule has 0 radical (unpaired) electrons. The summed E-state index contributed by atoms with van der Waals surface area (Å²) < 4.78 is 17.0. The number of likely N-dealkylation sites (N-methyl/N-ethyl adjacent to an activating group) is 1. The molecule has 2 unspecified atom stereocenters. The molecule has 8 heteroatoms. The second-order valence-electron chi connectivity index (χ2n) is 12.4. The average Bonchev–Trinajstić information content (AvgIpc) is 3.00. The Kier molecular flexibility index (Phi) is 27.5. The first kappa shape index (κ1) is 43.0. The summed E-state index contributed by atoms with van der Waals surface area (Å²) in [4.78, 5) is 36.6. The van der Waals surface area contributed by atoms with Crippen molar-refractivity contribution in [2.45, 2.75) is 122 Å². The van der Waals surface area contributed by atoms with Crippen molar-refractivity contribution in [1.82, 2.24) is 0 Å². The number of nitrogens with zero attached hydrogens (tertiary/aromatic N) is 1. The molecule has 0 saturated carbocycles. The molecule has 0 aliphatic carbocycles. The first-order valence-corrected chi connectivity index (χ1v) is 17.3. The molecule has 0 aromatic rings. The lowest BCUT2D eigenvalue weighted by atomic mass is 10.1. The van der Waals surface area contributed by atoms with E-state index in [4.69, 9.17) is 14.2 Å². The molecule has 0 aliphatic rings. The van der Waals surface area contributed by atoms with Gasteiger partial charge >= 0.3 is 17.9 Å². The molecule has 0 aliphatic heterocycles. The van der Waals surface area contributed by atoms with Gasteiger partial charge in [0.15, 0.2) is 12.1 Å². The highest BCUT2D eigenvalue weighted by atomic mass is 16.6. The van der Waals surface area contributed by atoms with E-state index in [1.165, 1.54) is 12.8 Å². The minimum absolute atomic E-state index is 0.0313. The summed E-state index contributed by atoms with van der Waals surface area (Å²) in [5, 5.41) is 9.55. The van der Waals surface area contributed by atoms with Gasteiger partial charge in [0.1, 0.15) is 6.61 Å². The van der Waals surface area contributed by atoms with E-state index < -0.39 is 18.1 Å². The van der Waals surface area contributed by atoms with E-state index >= 15 is 0 Å². The summed E-state index contributed by atoms with van der Waals surface area (Å²) in [5.74, 6) is -1.59. The topological polar surface area (TPSA) is 99.1 Å². The van der Waals surface area contributed by atoms with Gasteiger partial charge in [0.05, 0.1) is 34.4 Å². The first-order chi connectivity index (χ1) is 22.1. The molecule has 0 aromatic heterocycles. The van der Waals surface area contributed by atoms with E-state index in [0.717, 1.165) is 57.8 Å². The van der Waals surface area contributed by atoms with Crippen LogP contribution in [0, 0.1) is 0 Å². The summed E-state index contributed by atoms with van der Waals surface area (Å²) >= 11 is 0. The highest BCUT2D eigenvalue weighted by Gasteiger charge is 2.31. The van der Waals surface area contributed by atoms with Crippen molar-refractivity contribution in [3.8, 4) is 0 Å². The Morgan fingerprint density at radius 2 is 1.30 bits per heavy atom. The number of ether oxygens (including phenoxy) is 3. The Bertz CT molecular complexity index is 943. The number of carbonyl (C=O) groups is 3. The molecule has 0 saturated heterocycles. The van der Waals surface area contributed by atoms with Crippen molar-refractivity contribution < 1.29 is 38.2 Å². The van der Waals surface area contributed by atoms with Gasteiger partial charge in [0.2, 0.25) is 0 Å². The van der Waals surface area contributed by atoms with Gasteiger partial charge in [-0.1, -0.05) is 93.9 Å². The van der Waals surface area contributed by atoms with Crippen LogP contribution in [-0.2, 0) is 28.6 Å². The van der Waals surface area contributed by atoms with Crippen LogP contribution in [0.4, 0.5) is 0 Å². The Hall–Kier alpha value is -2.97. The lowest BCUT2D eigenvalue weighted by Gasteiger charge is -2.31. The monoisotopic (exact) mass is 646 g/mol. The number of carboxylic acid groups (broad SMARTS) is 1. The molecule has 2 atom stereocenters. The van der Waals surface area contributed by atoms with Crippen LogP contribution in [0.2, 0.25) is 0 Å². The minimum atomic E-state index is -0.891. The van der Waals surface area contributed by atoms with Crippen molar-refractivity contribution in [3.05, 3.63) is 60.8 Å². The van der Waals surface area contributed by atoms with Gasteiger partial charge < -0.3 is 23.8 Å². The molecule has 1 N–H and O–H groups in total. The van der Waals surface area contributed by atoms with E-state index in [-0.39, 0.29) is 49.1 Å². The summed E-state index contributed by atoms with van der Waals surface area (Å²) in [7, 11) is 5.47. The second-order valence-corrected chi connectivity index (χ2v) is 12.4. The maximum absolute atomic E-state index is 12.6. The van der Waals surface area contributed by atoms with E-state index in [1.807, 2.05) is 21.1 Å². The summed E-state index contributed by atoms with van der Waals surface area (Å²) in [6.45, 7) is 4.43. The van der Waals surface area contributed by atoms with Crippen molar-refractivity contribution in [2.24, 2.45) is 0 Å². The van der Waals surface area contributed by atoms with Crippen LogP contribution >= 0.6 is 0 Å². The zero-order chi connectivity index (χ0) is 34.3. The third kappa shape index (κ3) is 27.3. The maximum Gasteiger partial charge on any atom is 0.362 e. The van der Waals surface area contributed by atoms with Gasteiger partial charge in [-0.25, -0.2) is 4.79 Å². The number of esters is 2. The fourth-order valence-corrected chi connectivity index (χ4v) is 4.44. The molecule has 0 spiro atoms. The van der Waals surface area contributed by atoms with Crippen LogP contribution in [0.5, 0.6) is 0 Å². The quantitative estimate of drug-likeness (QED) is 0.0287. The van der Waals surface area contributed by atoms with Crippen LogP contribution in [0.25, 0.3) is 0 Å². The van der Waals surface area contributed by atoms with Gasteiger partial charge in [-0.15, -0.1) is 0 Å². The summed E-state index contributed by atoms with van der Waals surface area (Å²) in [6, 6.07) is -0.626. The van der Waals surface area contributed by atoms with Crippen LogP contribution in [0.1, 0.15) is 110 Å². The normalized spacial score (nSPS) is 13.8. The Morgan fingerprint density at radius 1 is 0.696 bits per heavy atom. The van der Waals surface area contributed by atoms with Crippen LogP contribution in [0.15, 0.2) is 60.8 Å². The first-order valence-electron chi connectivity index (χ1n) is 17.3. The van der Waals surface area contributed by atoms with Gasteiger partial charge in [0.25, 0.3) is 0 Å². The third-order valence-electron chi connectivity index (χ3n) is 7.18. The molecule has 0 bridgehead atoms. The highest BCUT2D eigenvalue weighted by molar-refractivity contribution is 5.72. The molecule has 0 amide bonds. The van der Waals surface area contributed by atoms with Crippen LogP contribution in [0.3, 0.4) is 0 Å². The molecule has 0 aromatic carbocycles. The number of hydrogen-bond donors (Lipinski definition) is 1. The molecule has 8 nitrogen and oxygen atoms in total. The molecule has 0 rings (SSSR count). The molecular weight excluding hydrogens is 582 g/mol. The predicted octanol–water partition coefficient (Wildman–Crippen LogP) is 8.29. The van der Waals surface area contributed by atoms with Crippen molar-refractivity contribution in [3.63, 3.8) is 0 Å². The zero-order valence-electron chi connectivity index (χ0n) is 29.5. The SMILES string of the molecule is CC/C=C/C/C=C/C/C=C/CCCC(=O)OCC(COCCC(C(=O)O)[N+](C)(C)C)OC(=O)CCCCC/C=C/C=C/CCCC. The number of allylic oxidation sites excluding steroid dienone is 10. The van der Waals surface area contributed by atoms with Gasteiger partial charge in [0, 0.05) is 19.3 Å². The molecule has 0 fully saturated rings. The average molecular weight is 647 g/mol. The molecule has 46 heavy (non-hydrogen) atoms. The highest BCUT2D eigenvalue weighted by Crippen LogP contribution is 2.11. The van der Waals surface area contributed by atoms with Crippen molar-refractivity contribution >= 4 is 17.9 Å². The fraction of sp³-hybridized carbons (Fsp3) is 0.658. The number of quaternary nitrogens is 1. The van der Waals surface area contributed by atoms with Crippen molar-refractivity contribution in [2.75, 3.05) is 41.0 Å². The minimum Gasteiger partial charge on any atom is -0.477 e. The van der Waals surface area contributed by atoms with Gasteiger partial charge in [-0.05, 0) is 57.8 Å². The van der Waals surface area contributed by atoms with E-state index in [2.05, 4.69) is 74.6 Å².